The second-order valence-electron chi connectivity index (χ2n) is 10.4. The third kappa shape index (κ3) is 7.59. The summed E-state index contributed by atoms with van der Waals surface area (Å²) in [6.45, 7) is 5.13. The summed E-state index contributed by atoms with van der Waals surface area (Å²) in [5.41, 5.74) is 2.16. The van der Waals surface area contributed by atoms with Crippen LogP contribution >= 0.6 is 0 Å². The van der Waals surface area contributed by atoms with Gasteiger partial charge in [-0.1, -0.05) is 46.0 Å². The molecule has 6 nitrogen and oxygen atoms in total. The number of hydrogen-bond donors (Lipinski definition) is 0. The topological polar surface area (TPSA) is 70.5 Å². The molecular weight excluding hydrogens is 452 g/mol. The molecule has 196 valence electrons. The van der Waals surface area contributed by atoms with Gasteiger partial charge in [-0.15, -0.1) is 0 Å². The van der Waals surface area contributed by atoms with Gasteiger partial charge in [-0.25, -0.2) is 9.97 Å². The van der Waals surface area contributed by atoms with E-state index in [1.807, 2.05) is 24.5 Å². The van der Waals surface area contributed by atoms with E-state index in [1.165, 1.54) is 56.9 Å². The fourth-order valence-electron chi connectivity index (χ4n) is 5.25. The summed E-state index contributed by atoms with van der Waals surface area (Å²) in [5.74, 6) is 1.96. The van der Waals surface area contributed by atoms with E-state index in [4.69, 9.17) is 14.2 Å². The van der Waals surface area contributed by atoms with Crippen molar-refractivity contribution in [1.29, 1.82) is 0 Å². The van der Waals surface area contributed by atoms with Gasteiger partial charge in [0.1, 0.15) is 11.7 Å². The highest BCUT2D eigenvalue weighted by molar-refractivity contribution is 5.75. The van der Waals surface area contributed by atoms with Crippen LogP contribution in [0.5, 0.6) is 5.75 Å². The molecular formula is C30H42N2O4. The minimum absolute atomic E-state index is 0.202. The molecule has 0 spiro atoms. The van der Waals surface area contributed by atoms with Crippen molar-refractivity contribution < 1.29 is 19.0 Å². The summed E-state index contributed by atoms with van der Waals surface area (Å²) in [6, 6.07) is 7.38. The normalized spacial score (nSPS) is 24.4. The van der Waals surface area contributed by atoms with Crippen molar-refractivity contribution in [3.05, 3.63) is 42.2 Å². The van der Waals surface area contributed by atoms with Crippen molar-refractivity contribution in [3.8, 4) is 17.1 Å². The van der Waals surface area contributed by atoms with Crippen LogP contribution in [0.3, 0.4) is 0 Å². The zero-order valence-corrected chi connectivity index (χ0v) is 22.0. The standard InChI is InChI=1S/C30H42N2O4/c1-3-5-7-9-28-34-20-26(21-35-28)30(33)36-27-16-14-24(15-17-27)29-31-18-25(19-32-29)23-12-10-22(11-13-23)8-6-4-2/h14-19,22-23,26,28H,3-13,20-21H2,1-2H3. The molecule has 1 aromatic heterocycles. The van der Waals surface area contributed by atoms with Gasteiger partial charge in [0.25, 0.3) is 0 Å². The van der Waals surface area contributed by atoms with Crippen LogP contribution in [0.4, 0.5) is 0 Å². The lowest BCUT2D eigenvalue weighted by molar-refractivity contribution is -0.208. The number of esters is 1. The highest BCUT2D eigenvalue weighted by Gasteiger charge is 2.29. The maximum absolute atomic E-state index is 12.5. The molecule has 0 radical (unpaired) electrons. The fraction of sp³-hybridized carbons (Fsp3) is 0.633. The molecule has 6 heteroatoms. The molecule has 0 N–H and O–H groups in total. The molecule has 0 atom stereocenters. The van der Waals surface area contributed by atoms with Gasteiger partial charge in [0, 0.05) is 18.0 Å². The molecule has 2 fully saturated rings. The SMILES string of the molecule is CCCCCC1OCC(C(=O)Oc2ccc(-c3ncc(C4CCC(CCCC)CC4)cn3)cc2)CO1. The summed E-state index contributed by atoms with van der Waals surface area (Å²) >= 11 is 0. The average molecular weight is 495 g/mol. The summed E-state index contributed by atoms with van der Waals surface area (Å²) < 4.78 is 17.0. The van der Waals surface area contributed by atoms with Crippen molar-refractivity contribution in [2.45, 2.75) is 96.7 Å². The largest absolute Gasteiger partial charge is 0.426 e. The van der Waals surface area contributed by atoms with Gasteiger partial charge in [-0.05, 0) is 80.2 Å². The molecule has 1 saturated carbocycles. The number of aromatic nitrogens is 2. The zero-order valence-electron chi connectivity index (χ0n) is 22.0. The van der Waals surface area contributed by atoms with Gasteiger partial charge in [-0.2, -0.15) is 0 Å². The second-order valence-corrected chi connectivity index (χ2v) is 10.4. The lowest BCUT2D eigenvalue weighted by atomic mass is 9.78. The van der Waals surface area contributed by atoms with Crippen LogP contribution in [0, 0.1) is 11.8 Å². The highest BCUT2D eigenvalue weighted by atomic mass is 16.7. The Hall–Kier alpha value is -2.31. The van der Waals surface area contributed by atoms with Gasteiger partial charge in [0.2, 0.25) is 0 Å². The van der Waals surface area contributed by atoms with E-state index in [0.29, 0.717) is 30.7 Å². The number of nitrogens with zero attached hydrogens (tertiary/aromatic N) is 2. The molecule has 0 bridgehead atoms. The summed E-state index contributed by atoms with van der Waals surface area (Å²) in [6.07, 6.45) is 17.2. The molecule has 2 heterocycles. The van der Waals surface area contributed by atoms with E-state index in [1.54, 1.807) is 12.1 Å². The number of rotatable bonds is 11. The first-order chi connectivity index (χ1) is 17.7. The van der Waals surface area contributed by atoms with E-state index in [-0.39, 0.29) is 12.3 Å². The number of unbranched alkanes of at least 4 members (excludes halogenated alkanes) is 3. The summed E-state index contributed by atoms with van der Waals surface area (Å²) in [4.78, 5) is 21.8. The Kier molecular flexibility index (Phi) is 10.3. The van der Waals surface area contributed by atoms with Crippen LogP contribution in [0.1, 0.15) is 96.0 Å². The van der Waals surface area contributed by atoms with Crippen LogP contribution in [0.15, 0.2) is 36.7 Å². The molecule has 36 heavy (non-hydrogen) atoms. The Bertz CT molecular complexity index is 915. The number of ether oxygens (including phenoxy) is 3. The van der Waals surface area contributed by atoms with Gasteiger partial charge in [0.05, 0.1) is 13.2 Å². The maximum atomic E-state index is 12.5. The Labute approximate surface area is 216 Å². The van der Waals surface area contributed by atoms with E-state index >= 15 is 0 Å². The van der Waals surface area contributed by atoms with E-state index in [2.05, 4.69) is 23.8 Å². The Morgan fingerprint density at radius 2 is 1.56 bits per heavy atom. The lowest BCUT2D eigenvalue weighted by Gasteiger charge is -2.28. The van der Waals surface area contributed by atoms with Gasteiger partial charge >= 0.3 is 5.97 Å². The third-order valence-electron chi connectivity index (χ3n) is 7.63. The first-order valence-corrected chi connectivity index (χ1v) is 14.0. The van der Waals surface area contributed by atoms with Crippen molar-refractivity contribution >= 4 is 5.97 Å². The predicted molar refractivity (Wildman–Crippen MR) is 141 cm³/mol. The molecule has 1 aliphatic heterocycles. The third-order valence-corrected chi connectivity index (χ3v) is 7.63. The minimum atomic E-state index is -0.398. The van der Waals surface area contributed by atoms with Crippen LogP contribution in [-0.2, 0) is 14.3 Å². The van der Waals surface area contributed by atoms with Crippen molar-refractivity contribution in [2.24, 2.45) is 11.8 Å². The first-order valence-electron chi connectivity index (χ1n) is 14.0. The van der Waals surface area contributed by atoms with Crippen molar-refractivity contribution in [1.82, 2.24) is 9.97 Å². The number of carbonyl (C=O) groups is 1. The average Bonchev–Trinajstić information content (AvgIpc) is 2.93. The van der Waals surface area contributed by atoms with Crippen LogP contribution in [0.2, 0.25) is 0 Å². The molecule has 0 unspecified atom stereocenters. The summed E-state index contributed by atoms with van der Waals surface area (Å²) in [5, 5.41) is 0. The molecule has 1 saturated heterocycles. The Morgan fingerprint density at radius 1 is 0.889 bits per heavy atom. The van der Waals surface area contributed by atoms with Crippen molar-refractivity contribution in [2.75, 3.05) is 13.2 Å². The molecule has 0 amide bonds. The quantitative estimate of drug-likeness (QED) is 0.189. The molecule has 2 aliphatic rings. The monoisotopic (exact) mass is 494 g/mol. The van der Waals surface area contributed by atoms with Crippen LogP contribution < -0.4 is 4.74 Å². The predicted octanol–water partition coefficient (Wildman–Crippen LogP) is 7.08. The lowest BCUT2D eigenvalue weighted by Crippen LogP contribution is -2.38. The van der Waals surface area contributed by atoms with Crippen LogP contribution in [0.25, 0.3) is 11.4 Å². The Morgan fingerprint density at radius 3 is 2.19 bits per heavy atom. The zero-order chi connectivity index (χ0) is 25.2. The molecule has 4 rings (SSSR count). The maximum Gasteiger partial charge on any atom is 0.319 e. The number of carbonyl (C=O) groups excluding carboxylic acids is 1. The first kappa shape index (κ1) is 26.7. The van der Waals surface area contributed by atoms with Gasteiger partial charge < -0.3 is 14.2 Å². The van der Waals surface area contributed by atoms with Crippen molar-refractivity contribution in [3.63, 3.8) is 0 Å². The molecule has 1 aliphatic carbocycles. The smallest absolute Gasteiger partial charge is 0.319 e. The van der Waals surface area contributed by atoms with Gasteiger partial charge in [-0.3, -0.25) is 4.79 Å². The number of benzene rings is 1. The number of hydrogen-bond acceptors (Lipinski definition) is 6. The summed E-state index contributed by atoms with van der Waals surface area (Å²) in [7, 11) is 0. The minimum Gasteiger partial charge on any atom is -0.426 e. The molecule has 1 aromatic carbocycles. The fourth-order valence-corrected chi connectivity index (χ4v) is 5.25. The highest BCUT2D eigenvalue weighted by Crippen LogP contribution is 2.37. The van der Waals surface area contributed by atoms with E-state index in [0.717, 1.165) is 30.7 Å². The van der Waals surface area contributed by atoms with E-state index < -0.39 is 5.92 Å². The molecule has 2 aromatic rings. The van der Waals surface area contributed by atoms with Gasteiger partial charge in [0.15, 0.2) is 12.1 Å². The Balaban J connectivity index is 1.24. The second kappa shape index (κ2) is 13.8. The van der Waals surface area contributed by atoms with E-state index in [9.17, 15) is 4.79 Å². The van der Waals surface area contributed by atoms with Crippen LogP contribution in [-0.4, -0.2) is 35.4 Å².